The summed E-state index contributed by atoms with van der Waals surface area (Å²) in [5, 5.41) is 2.87. The number of carbonyl (C=O) groups is 1. The molecule has 0 saturated carbocycles. The Morgan fingerprint density at radius 3 is 2.88 bits per heavy atom. The molecule has 0 bridgehead atoms. The van der Waals surface area contributed by atoms with Crippen LogP contribution >= 0.6 is 0 Å². The van der Waals surface area contributed by atoms with Crippen molar-refractivity contribution in [2.75, 3.05) is 13.4 Å². The van der Waals surface area contributed by atoms with Crippen molar-refractivity contribution in [3.8, 4) is 17.2 Å². The highest BCUT2D eigenvalue weighted by Crippen LogP contribution is 2.32. The minimum Gasteiger partial charge on any atom is -0.493 e. The molecule has 2 heterocycles. The molecule has 0 fully saturated rings. The van der Waals surface area contributed by atoms with Crippen LogP contribution in [0.3, 0.4) is 0 Å². The van der Waals surface area contributed by atoms with E-state index in [9.17, 15) is 4.79 Å². The third-order valence-electron chi connectivity index (χ3n) is 4.04. The van der Waals surface area contributed by atoms with Crippen molar-refractivity contribution >= 4 is 12.0 Å². The molecule has 2 aliphatic rings. The zero-order valence-electron chi connectivity index (χ0n) is 13.1. The maximum Gasteiger partial charge on any atom is 0.244 e. The number of benzene rings is 2. The second-order valence-corrected chi connectivity index (χ2v) is 5.70. The van der Waals surface area contributed by atoms with Crippen LogP contribution in [0.4, 0.5) is 0 Å². The minimum absolute atomic E-state index is 0.135. The molecule has 0 aliphatic carbocycles. The standard InChI is InChI=1S/C19H17NO4/c21-19(6-3-13-1-4-16-15(9-13)7-8-22-16)20-11-14-2-5-17-18(10-14)24-12-23-17/h1-6,9-10H,7-8,11-12H2,(H,20,21)/b6-3+. The summed E-state index contributed by atoms with van der Waals surface area (Å²) in [6.07, 6.45) is 4.28. The monoisotopic (exact) mass is 323 g/mol. The molecule has 4 rings (SSSR count). The summed E-state index contributed by atoms with van der Waals surface area (Å²) in [5.74, 6) is 2.27. The molecule has 0 aromatic heterocycles. The van der Waals surface area contributed by atoms with E-state index in [4.69, 9.17) is 14.2 Å². The quantitative estimate of drug-likeness (QED) is 0.879. The van der Waals surface area contributed by atoms with E-state index < -0.39 is 0 Å². The van der Waals surface area contributed by atoms with Crippen LogP contribution in [0, 0.1) is 0 Å². The highest BCUT2D eigenvalue weighted by atomic mass is 16.7. The van der Waals surface area contributed by atoms with Gasteiger partial charge in [0, 0.05) is 19.0 Å². The van der Waals surface area contributed by atoms with Crippen molar-refractivity contribution in [3.63, 3.8) is 0 Å². The van der Waals surface area contributed by atoms with Crippen LogP contribution in [-0.2, 0) is 17.8 Å². The first kappa shape index (κ1) is 14.6. The van der Waals surface area contributed by atoms with E-state index in [0.717, 1.165) is 41.4 Å². The fraction of sp³-hybridized carbons (Fsp3) is 0.211. The Morgan fingerprint density at radius 2 is 1.92 bits per heavy atom. The Bertz CT molecular complexity index is 813. The lowest BCUT2D eigenvalue weighted by atomic mass is 10.1. The molecule has 5 heteroatoms. The fourth-order valence-corrected chi connectivity index (χ4v) is 2.78. The summed E-state index contributed by atoms with van der Waals surface area (Å²) in [7, 11) is 0. The highest BCUT2D eigenvalue weighted by Gasteiger charge is 2.13. The van der Waals surface area contributed by atoms with Gasteiger partial charge in [-0.25, -0.2) is 0 Å². The first-order valence-corrected chi connectivity index (χ1v) is 7.88. The third kappa shape index (κ3) is 3.06. The molecular weight excluding hydrogens is 306 g/mol. The van der Waals surface area contributed by atoms with Crippen LogP contribution in [-0.4, -0.2) is 19.3 Å². The van der Waals surface area contributed by atoms with E-state index >= 15 is 0 Å². The summed E-state index contributed by atoms with van der Waals surface area (Å²) in [6.45, 7) is 1.43. The smallest absolute Gasteiger partial charge is 0.244 e. The van der Waals surface area contributed by atoms with Crippen molar-refractivity contribution in [3.05, 3.63) is 59.2 Å². The second-order valence-electron chi connectivity index (χ2n) is 5.70. The van der Waals surface area contributed by atoms with Gasteiger partial charge in [-0.05, 0) is 47.0 Å². The number of rotatable bonds is 4. The lowest BCUT2D eigenvalue weighted by molar-refractivity contribution is -0.116. The Hall–Kier alpha value is -2.95. The number of nitrogens with one attached hydrogen (secondary N) is 1. The van der Waals surface area contributed by atoms with E-state index in [0.29, 0.717) is 6.54 Å². The maximum atomic E-state index is 12.0. The number of carbonyl (C=O) groups excluding carboxylic acids is 1. The Kier molecular flexibility index (Phi) is 3.83. The number of ether oxygens (including phenoxy) is 3. The summed E-state index contributed by atoms with van der Waals surface area (Å²) < 4.78 is 16.1. The van der Waals surface area contributed by atoms with Crippen LogP contribution in [0.5, 0.6) is 17.2 Å². The molecule has 24 heavy (non-hydrogen) atoms. The SMILES string of the molecule is O=C(/C=C/c1ccc2c(c1)CCO2)NCc1ccc2c(c1)OCO2. The van der Waals surface area contributed by atoms with Crippen LogP contribution in [0.25, 0.3) is 6.08 Å². The number of fused-ring (bicyclic) bond motifs is 2. The van der Waals surface area contributed by atoms with Gasteiger partial charge in [-0.3, -0.25) is 4.79 Å². The van der Waals surface area contributed by atoms with Crippen molar-refractivity contribution in [1.29, 1.82) is 0 Å². The predicted octanol–water partition coefficient (Wildman–Crippen LogP) is 2.68. The minimum atomic E-state index is -0.135. The molecule has 1 N–H and O–H groups in total. The van der Waals surface area contributed by atoms with Gasteiger partial charge < -0.3 is 19.5 Å². The molecule has 2 aromatic carbocycles. The largest absolute Gasteiger partial charge is 0.493 e. The molecule has 2 aromatic rings. The summed E-state index contributed by atoms with van der Waals surface area (Å²) >= 11 is 0. The van der Waals surface area contributed by atoms with E-state index in [-0.39, 0.29) is 12.7 Å². The molecule has 122 valence electrons. The lowest BCUT2D eigenvalue weighted by Crippen LogP contribution is -2.20. The average molecular weight is 323 g/mol. The van der Waals surface area contributed by atoms with Gasteiger partial charge in [0.15, 0.2) is 11.5 Å². The maximum absolute atomic E-state index is 12.0. The van der Waals surface area contributed by atoms with Gasteiger partial charge in [0.2, 0.25) is 12.7 Å². The first-order chi connectivity index (χ1) is 11.8. The van der Waals surface area contributed by atoms with Gasteiger partial charge in [0.25, 0.3) is 0 Å². The Morgan fingerprint density at radius 1 is 1.04 bits per heavy atom. The van der Waals surface area contributed by atoms with Crippen molar-refractivity contribution in [1.82, 2.24) is 5.32 Å². The predicted molar refractivity (Wildman–Crippen MR) is 89.1 cm³/mol. The van der Waals surface area contributed by atoms with Crippen LogP contribution in [0.1, 0.15) is 16.7 Å². The molecule has 5 nitrogen and oxygen atoms in total. The van der Waals surface area contributed by atoms with Gasteiger partial charge in [-0.15, -0.1) is 0 Å². The lowest BCUT2D eigenvalue weighted by Gasteiger charge is -2.04. The Labute approximate surface area is 139 Å². The first-order valence-electron chi connectivity index (χ1n) is 7.88. The molecule has 0 unspecified atom stereocenters. The van der Waals surface area contributed by atoms with Crippen LogP contribution in [0.2, 0.25) is 0 Å². The zero-order valence-corrected chi connectivity index (χ0v) is 13.1. The van der Waals surface area contributed by atoms with E-state index in [1.165, 1.54) is 5.56 Å². The van der Waals surface area contributed by atoms with Gasteiger partial charge in [-0.2, -0.15) is 0 Å². The van der Waals surface area contributed by atoms with Crippen LogP contribution in [0.15, 0.2) is 42.5 Å². The van der Waals surface area contributed by atoms with E-state index in [1.54, 1.807) is 6.08 Å². The molecule has 0 atom stereocenters. The average Bonchev–Trinajstić information content (AvgIpc) is 3.25. The van der Waals surface area contributed by atoms with Gasteiger partial charge >= 0.3 is 0 Å². The van der Waals surface area contributed by atoms with Gasteiger partial charge in [0.05, 0.1) is 6.61 Å². The Balaban J connectivity index is 1.35. The summed E-state index contributed by atoms with van der Waals surface area (Å²) in [5.41, 5.74) is 3.16. The second kappa shape index (κ2) is 6.28. The van der Waals surface area contributed by atoms with E-state index in [1.807, 2.05) is 36.4 Å². The number of hydrogen-bond donors (Lipinski definition) is 1. The molecule has 0 spiro atoms. The topological polar surface area (TPSA) is 56.8 Å². The summed E-state index contributed by atoms with van der Waals surface area (Å²) in [6, 6.07) is 11.6. The van der Waals surface area contributed by atoms with Gasteiger partial charge in [0.1, 0.15) is 5.75 Å². The fourth-order valence-electron chi connectivity index (χ4n) is 2.78. The normalized spacial score (nSPS) is 14.5. The number of hydrogen-bond acceptors (Lipinski definition) is 4. The molecule has 1 amide bonds. The molecular formula is C19H17NO4. The van der Waals surface area contributed by atoms with Crippen molar-refractivity contribution in [2.45, 2.75) is 13.0 Å². The summed E-state index contributed by atoms with van der Waals surface area (Å²) in [4.78, 5) is 12.0. The molecule has 0 radical (unpaired) electrons. The molecule has 0 saturated heterocycles. The molecule has 2 aliphatic heterocycles. The zero-order chi connectivity index (χ0) is 16.4. The van der Waals surface area contributed by atoms with Crippen molar-refractivity contribution < 1.29 is 19.0 Å². The number of amides is 1. The van der Waals surface area contributed by atoms with Crippen LogP contribution < -0.4 is 19.5 Å². The highest BCUT2D eigenvalue weighted by molar-refractivity contribution is 5.91. The third-order valence-corrected chi connectivity index (χ3v) is 4.04. The van der Waals surface area contributed by atoms with E-state index in [2.05, 4.69) is 11.4 Å². The van der Waals surface area contributed by atoms with Crippen molar-refractivity contribution in [2.24, 2.45) is 0 Å². The van der Waals surface area contributed by atoms with Gasteiger partial charge in [-0.1, -0.05) is 12.1 Å².